The molecule has 0 spiro atoms. The highest BCUT2D eigenvalue weighted by atomic mass is 19.1. The van der Waals surface area contributed by atoms with Gasteiger partial charge >= 0.3 is 0 Å². The van der Waals surface area contributed by atoms with Gasteiger partial charge in [0.25, 0.3) is 0 Å². The van der Waals surface area contributed by atoms with Crippen LogP contribution in [0.25, 0.3) is 0 Å². The molecule has 1 atom stereocenters. The van der Waals surface area contributed by atoms with E-state index in [1.54, 1.807) is 18.2 Å². The zero-order valence-electron chi connectivity index (χ0n) is 10.0. The molecule has 0 fully saturated rings. The quantitative estimate of drug-likeness (QED) is 0.659. The molecule has 0 heterocycles. The molecular weight excluding hydrogens is 253 g/mol. The standard InChI is InChI=1S/C14H13F3N2/c15-10-5-6-12(16)9(7-10)8-14(19-18)11-3-1-2-4-13(11)17/h1-7,14,19H,8,18H2. The summed E-state index contributed by atoms with van der Waals surface area (Å²) in [6.45, 7) is 0. The maximum atomic E-state index is 13.6. The Morgan fingerprint density at radius 2 is 1.74 bits per heavy atom. The van der Waals surface area contributed by atoms with Crippen LogP contribution in [0.5, 0.6) is 0 Å². The van der Waals surface area contributed by atoms with Crippen LogP contribution in [0, 0.1) is 17.5 Å². The highest BCUT2D eigenvalue weighted by Crippen LogP contribution is 2.22. The molecule has 0 aliphatic heterocycles. The average Bonchev–Trinajstić information content (AvgIpc) is 2.41. The second kappa shape index (κ2) is 5.86. The van der Waals surface area contributed by atoms with Crippen LogP contribution in [0.4, 0.5) is 13.2 Å². The Balaban J connectivity index is 2.29. The topological polar surface area (TPSA) is 38.0 Å². The maximum absolute atomic E-state index is 13.6. The first-order chi connectivity index (χ1) is 9.11. The lowest BCUT2D eigenvalue weighted by Crippen LogP contribution is -2.30. The smallest absolute Gasteiger partial charge is 0.128 e. The molecule has 2 rings (SSSR count). The van der Waals surface area contributed by atoms with Gasteiger partial charge in [-0.05, 0) is 36.2 Å². The molecule has 0 amide bonds. The van der Waals surface area contributed by atoms with E-state index in [4.69, 9.17) is 5.84 Å². The van der Waals surface area contributed by atoms with Crippen LogP contribution in [0.15, 0.2) is 42.5 Å². The largest absolute Gasteiger partial charge is 0.271 e. The summed E-state index contributed by atoms with van der Waals surface area (Å²) in [4.78, 5) is 0. The van der Waals surface area contributed by atoms with E-state index in [1.807, 2.05) is 0 Å². The van der Waals surface area contributed by atoms with Gasteiger partial charge in [0.1, 0.15) is 17.5 Å². The van der Waals surface area contributed by atoms with Gasteiger partial charge in [0.15, 0.2) is 0 Å². The summed E-state index contributed by atoms with van der Waals surface area (Å²) < 4.78 is 40.3. The van der Waals surface area contributed by atoms with E-state index >= 15 is 0 Å². The van der Waals surface area contributed by atoms with Crippen molar-refractivity contribution in [3.63, 3.8) is 0 Å². The van der Waals surface area contributed by atoms with E-state index in [-0.39, 0.29) is 12.0 Å². The number of rotatable bonds is 4. The Morgan fingerprint density at radius 3 is 2.42 bits per heavy atom. The lowest BCUT2D eigenvalue weighted by atomic mass is 9.98. The predicted molar refractivity (Wildman–Crippen MR) is 66.5 cm³/mol. The normalized spacial score (nSPS) is 12.4. The summed E-state index contributed by atoms with van der Waals surface area (Å²) >= 11 is 0. The van der Waals surface area contributed by atoms with E-state index in [0.29, 0.717) is 5.56 Å². The summed E-state index contributed by atoms with van der Waals surface area (Å²) in [5.41, 5.74) is 2.88. The fourth-order valence-electron chi connectivity index (χ4n) is 1.94. The molecule has 2 aromatic rings. The molecule has 3 N–H and O–H groups in total. The van der Waals surface area contributed by atoms with Gasteiger partial charge in [0.05, 0.1) is 6.04 Å². The fraction of sp³-hybridized carbons (Fsp3) is 0.143. The van der Waals surface area contributed by atoms with Crippen molar-refractivity contribution >= 4 is 0 Å². The van der Waals surface area contributed by atoms with Gasteiger partial charge in [-0.3, -0.25) is 11.3 Å². The van der Waals surface area contributed by atoms with Crippen molar-refractivity contribution in [2.24, 2.45) is 5.84 Å². The number of hydrogen-bond donors (Lipinski definition) is 2. The average molecular weight is 266 g/mol. The highest BCUT2D eigenvalue weighted by molar-refractivity contribution is 5.26. The maximum Gasteiger partial charge on any atom is 0.128 e. The number of hydrazine groups is 1. The first kappa shape index (κ1) is 13.6. The number of hydrogen-bond acceptors (Lipinski definition) is 2. The van der Waals surface area contributed by atoms with Crippen LogP contribution < -0.4 is 11.3 Å². The third kappa shape index (κ3) is 3.13. The van der Waals surface area contributed by atoms with Gasteiger partial charge in [-0.1, -0.05) is 18.2 Å². The molecule has 0 aliphatic rings. The number of nitrogens with one attached hydrogen (secondary N) is 1. The van der Waals surface area contributed by atoms with Crippen LogP contribution in [0.2, 0.25) is 0 Å². The van der Waals surface area contributed by atoms with Crippen molar-refractivity contribution in [1.29, 1.82) is 0 Å². The van der Waals surface area contributed by atoms with Crippen LogP contribution in [0.1, 0.15) is 17.2 Å². The van der Waals surface area contributed by atoms with Crippen molar-refractivity contribution < 1.29 is 13.2 Å². The lowest BCUT2D eigenvalue weighted by molar-refractivity contribution is 0.496. The van der Waals surface area contributed by atoms with Gasteiger partial charge in [-0.2, -0.15) is 0 Å². The van der Waals surface area contributed by atoms with Crippen LogP contribution in [0.3, 0.4) is 0 Å². The molecule has 5 heteroatoms. The van der Waals surface area contributed by atoms with Gasteiger partial charge in [0, 0.05) is 5.56 Å². The molecule has 0 saturated carbocycles. The minimum absolute atomic E-state index is 0.0566. The van der Waals surface area contributed by atoms with E-state index in [0.717, 1.165) is 18.2 Å². The predicted octanol–water partition coefficient (Wildman–Crippen LogP) is 2.85. The molecule has 0 bridgehead atoms. The minimum atomic E-state index is -0.627. The third-order valence-corrected chi connectivity index (χ3v) is 2.91. The molecular formula is C14H13F3N2. The van der Waals surface area contributed by atoms with E-state index in [2.05, 4.69) is 5.43 Å². The zero-order chi connectivity index (χ0) is 13.8. The number of halogens is 3. The first-order valence-corrected chi connectivity index (χ1v) is 5.76. The number of nitrogens with two attached hydrogens (primary N) is 1. The fourth-order valence-corrected chi connectivity index (χ4v) is 1.94. The van der Waals surface area contributed by atoms with E-state index < -0.39 is 23.5 Å². The zero-order valence-corrected chi connectivity index (χ0v) is 10.0. The molecule has 0 aromatic heterocycles. The molecule has 100 valence electrons. The summed E-state index contributed by atoms with van der Waals surface area (Å²) in [6, 6.07) is 8.59. The molecule has 2 aromatic carbocycles. The van der Waals surface area contributed by atoms with Crippen molar-refractivity contribution in [1.82, 2.24) is 5.43 Å². The summed E-state index contributed by atoms with van der Waals surface area (Å²) in [7, 11) is 0. The van der Waals surface area contributed by atoms with E-state index in [9.17, 15) is 13.2 Å². The Bertz CT molecular complexity index is 572. The Morgan fingerprint density at radius 1 is 1.00 bits per heavy atom. The van der Waals surface area contributed by atoms with Gasteiger partial charge in [0.2, 0.25) is 0 Å². The second-order valence-electron chi connectivity index (χ2n) is 4.18. The Hall–Kier alpha value is -1.85. The molecule has 0 saturated heterocycles. The van der Waals surface area contributed by atoms with Gasteiger partial charge in [-0.15, -0.1) is 0 Å². The molecule has 19 heavy (non-hydrogen) atoms. The van der Waals surface area contributed by atoms with Crippen LogP contribution in [-0.4, -0.2) is 0 Å². The van der Waals surface area contributed by atoms with Crippen LogP contribution >= 0.6 is 0 Å². The number of benzene rings is 2. The van der Waals surface area contributed by atoms with Crippen molar-refractivity contribution in [3.8, 4) is 0 Å². The van der Waals surface area contributed by atoms with Gasteiger partial charge < -0.3 is 0 Å². The van der Waals surface area contributed by atoms with Crippen LogP contribution in [-0.2, 0) is 6.42 Å². The van der Waals surface area contributed by atoms with E-state index in [1.165, 1.54) is 6.07 Å². The Kier molecular flexibility index (Phi) is 4.19. The molecule has 2 nitrogen and oxygen atoms in total. The molecule has 0 aliphatic carbocycles. The first-order valence-electron chi connectivity index (χ1n) is 5.76. The summed E-state index contributed by atoms with van der Waals surface area (Å²) in [5.74, 6) is 3.85. The summed E-state index contributed by atoms with van der Waals surface area (Å²) in [5, 5.41) is 0. The van der Waals surface area contributed by atoms with Crippen molar-refractivity contribution in [3.05, 3.63) is 71.0 Å². The highest BCUT2D eigenvalue weighted by Gasteiger charge is 2.16. The van der Waals surface area contributed by atoms with Gasteiger partial charge in [-0.25, -0.2) is 13.2 Å². The third-order valence-electron chi connectivity index (χ3n) is 2.91. The molecule has 0 radical (unpaired) electrons. The Labute approximate surface area is 109 Å². The second-order valence-corrected chi connectivity index (χ2v) is 4.18. The van der Waals surface area contributed by atoms with Crippen molar-refractivity contribution in [2.45, 2.75) is 12.5 Å². The summed E-state index contributed by atoms with van der Waals surface area (Å²) in [6.07, 6.45) is 0.0566. The SMILES string of the molecule is NNC(Cc1cc(F)ccc1F)c1ccccc1F. The molecule has 1 unspecified atom stereocenters. The lowest BCUT2D eigenvalue weighted by Gasteiger charge is -2.17. The monoisotopic (exact) mass is 266 g/mol. The van der Waals surface area contributed by atoms with Crippen molar-refractivity contribution in [2.75, 3.05) is 0 Å². The minimum Gasteiger partial charge on any atom is -0.271 e.